The molecule has 136 valence electrons. The van der Waals surface area contributed by atoms with E-state index in [2.05, 4.69) is 25.5 Å². The fourth-order valence-electron chi connectivity index (χ4n) is 3.61. The lowest BCUT2D eigenvalue weighted by atomic mass is 9.82. The maximum Gasteiger partial charge on any atom is 0.279 e. The number of H-pyrrole nitrogens is 2. The van der Waals surface area contributed by atoms with Gasteiger partial charge in [0.15, 0.2) is 5.52 Å². The fraction of sp³-hybridized carbons (Fsp3) is 0.647. The summed E-state index contributed by atoms with van der Waals surface area (Å²) in [4.78, 5) is 31.5. The van der Waals surface area contributed by atoms with Crippen LogP contribution in [0.3, 0.4) is 0 Å². The highest BCUT2D eigenvalue weighted by molar-refractivity contribution is 6.27. The summed E-state index contributed by atoms with van der Waals surface area (Å²) in [5.41, 5.74) is 1.65. The number of hydrogen-bond donors (Lipinski definition) is 3. The first-order chi connectivity index (χ1) is 12.0. The monoisotopic (exact) mass is 365 g/mol. The van der Waals surface area contributed by atoms with Crippen LogP contribution in [0, 0.1) is 5.92 Å². The van der Waals surface area contributed by atoms with E-state index in [9.17, 15) is 9.59 Å². The van der Waals surface area contributed by atoms with Gasteiger partial charge in [0, 0.05) is 12.5 Å². The van der Waals surface area contributed by atoms with Crippen molar-refractivity contribution < 1.29 is 4.79 Å². The van der Waals surface area contributed by atoms with E-state index in [4.69, 9.17) is 11.6 Å². The topological polar surface area (TPSA) is 104 Å². The first-order valence-corrected chi connectivity index (χ1v) is 9.35. The summed E-state index contributed by atoms with van der Waals surface area (Å²) in [6, 6.07) is 0.0786. The second-order valence-electron chi connectivity index (χ2n) is 7.06. The molecule has 1 fully saturated rings. The Labute approximate surface area is 150 Å². The van der Waals surface area contributed by atoms with Gasteiger partial charge in [0.25, 0.3) is 5.56 Å². The van der Waals surface area contributed by atoms with Gasteiger partial charge in [0.2, 0.25) is 5.91 Å². The molecule has 0 aliphatic heterocycles. The number of carbonyl (C=O) groups excluding carboxylic acids is 1. The van der Waals surface area contributed by atoms with Crippen LogP contribution >= 0.6 is 11.6 Å². The van der Waals surface area contributed by atoms with E-state index in [0.717, 1.165) is 31.4 Å². The zero-order valence-electron chi connectivity index (χ0n) is 14.6. The van der Waals surface area contributed by atoms with Gasteiger partial charge in [-0.3, -0.25) is 14.7 Å². The first-order valence-electron chi connectivity index (χ1n) is 8.82. The molecule has 0 aromatic carbocycles. The predicted octanol–water partition coefficient (Wildman–Crippen LogP) is 2.23. The highest BCUT2D eigenvalue weighted by Gasteiger charge is 2.27. The standard InChI is InChI=1S/C17H24ClN5O2/c1-9(2)14-15-16(23-22-14)17(25)21-12(20-15)7-10-5-3-4-6-11(10)19-13(24)8-18/h9-11H,3-8H2,1-2H3,(H,19,24)(H,22,23)(H,20,21,25)/t10-,11+/m0/s1. The zero-order valence-corrected chi connectivity index (χ0v) is 15.3. The van der Waals surface area contributed by atoms with Crippen molar-refractivity contribution in [3.8, 4) is 0 Å². The fourth-order valence-corrected chi connectivity index (χ4v) is 3.69. The van der Waals surface area contributed by atoms with E-state index >= 15 is 0 Å². The van der Waals surface area contributed by atoms with Crippen molar-refractivity contribution in [3.63, 3.8) is 0 Å². The van der Waals surface area contributed by atoms with Crippen molar-refractivity contribution in [1.29, 1.82) is 0 Å². The van der Waals surface area contributed by atoms with E-state index in [0.29, 0.717) is 23.3 Å². The van der Waals surface area contributed by atoms with Gasteiger partial charge in [-0.1, -0.05) is 26.7 Å². The molecule has 0 unspecified atom stereocenters. The third-order valence-electron chi connectivity index (χ3n) is 4.90. The largest absolute Gasteiger partial charge is 0.352 e. The minimum Gasteiger partial charge on any atom is -0.352 e. The molecule has 0 spiro atoms. The third-order valence-corrected chi connectivity index (χ3v) is 5.14. The van der Waals surface area contributed by atoms with E-state index in [1.54, 1.807) is 0 Å². The molecular weight excluding hydrogens is 342 g/mol. The van der Waals surface area contributed by atoms with Gasteiger partial charge in [-0.05, 0) is 24.7 Å². The SMILES string of the molecule is CC(C)c1[nH]nc2c(=O)[nH]c(C[C@@H]3CCCC[C@H]3NC(=O)CCl)nc12. The van der Waals surface area contributed by atoms with Crippen LogP contribution in [0.5, 0.6) is 0 Å². The Balaban J connectivity index is 1.86. The summed E-state index contributed by atoms with van der Waals surface area (Å²) in [5, 5.41) is 10.0. The number of alkyl halides is 1. The molecule has 25 heavy (non-hydrogen) atoms. The Kier molecular flexibility index (Phi) is 5.42. The Morgan fingerprint density at radius 1 is 1.32 bits per heavy atom. The molecule has 1 saturated carbocycles. The number of fused-ring (bicyclic) bond motifs is 1. The minimum atomic E-state index is -0.222. The molecule has 1 aliphatic carbocycles. The molecule has 0 radical (unpaired) electrons. The highest BCUT2D eigenvalue weighted by atomic mass is 35.5. The Bertz CT molecular complexity index is 813. The normalized spacial score (nSPS) is 21.0. The van der Waals surface area contributed by atoms with Crippen LogP contribution in [0.25, 0.3) is 11.0 Å². The molecule has 2 heterocycles. The van der Waals surface area contributed by atoms with Crippen LogP contribution in [0.1, 0.15) is 57.0 Å². The van der Waals surface area contributed by atoms with E-state index < -0.39 is 0 Å². The molecule has 3 N–H and O–H groups in total. The summed E-state index contributed by atoms with van der Waals surface area (Å²) in [6.07, 6.45) is 4.76. The number of aromatic nitrogens is 4. The van der Waals surface area contributed by atoms with Gasteiger partial charge in [-0.2, -0.15) is 5.10 Å². The van der Waals surface area contributed by atoms with Crippen molar-refractivity contribution in [2.45, 2.75) is 57.9 Å². The molecule has 2 atom stereocenters. The lowest BCUT2D eigenvalue weighted by Gasteiger charge is -2.31. The summed E-state index contributed by atoms with van der Waals surface area (Å²) >= 11 is 5.62. The van der Waals surface area contributed by atoms with Crippen molar-refractivity contribution in [2.75, 3.05) is 5.88 Å². The van der Waals surface area contributed by atoms with Gasteiger partial charge >= 0.3 is 0 Å². The van der Waals surface area contributed by atoms with Gasteiger partial charge in [0.05, 0.1) is 5.69 Å². The average molecular weight is 366 g/mol. The van der Waals surface area contributed by atoms with E-state index in [1.807, 2.05) is 13.8 Å². The van der Waals surface area contributed by atoms with Crippen molar-refractivity contribution in [2.24, 2.45) is 5.92 Å². The lowest BCUT2D eigenvalue weighted by molar-refractivity contribution is -0.120. The Morgan fingerprint density at radius 2 is 2.08 bits per heavy atom. The number of nitrogens with zero attached hydrogens (tertiary/aromatic N) is 2. The molecule has 8 heteroatoms. The Hall–Kier alpha value is -1.89. The Morgan fingerprint density at radius 3 is 2.80 bits per heavy atom. The number of amides is 1. The highest BCUT2D eigenvalue weighted by Crippen LogP contribution is 2.27. The van der Waals surface area contributed by atoms with Crippen LogP contribution in [0.2, 0.25) is 0 Å². The van der Waals surface area contributed by atoms with Crippen LogP contribution < -0.4 is 10.9 Å². The van der Waals surface area contributed by atoms with Gasteiger partial charge in [-0.15, -0.1) is 11.6 Å². The molecule has 0 saturated heterocycles. The number of carbonyl (C=O) groups is 1. The van der Waals surface area contributed by atoms with E-state index in [-0.39, 0.29) is 35.2 Å². The second kappa shape index (κ2) is 7.56. The summed E-state index contributed by atoms with van der Waals surface area (Å²) in [5.74, 6) is 0.926. The predicted molar refractivity (Wildman–Crippen MR) is 96.9 cm³/mol. The number of rotatable bonds is 5. The summed E-state index contributed by atoms with van der Waals surface area (Å²) in [7, 11) is 0. The molecule has 1 aliphatic rings. The first kappa shape index (κ1) is 17.9. The maximum absolute atomic E-state index is 12.3. The van der Waals surface area contributed by atoms with Crippen molar-refractivity contribution in [1.82, 2.24) is 25.5 Å². The van der Waals surface area contributed by atoms with Crippen molar-refractivity contribution in [3.05, 3.63) is 21.9 Å². The molecule has 2 aromatic heterocycles. The van der Waals surface area contributed by atoms with Gasteiger partial charge in [0.1, 0.15) is 17.2 Å². The number of halogens is 1. The third kappa shape index (κ3) is 3.86. The summed E-state index contributed by atoms with van der Waals surface area (Å²) in [6.45, 7) is 4.07. The molecule has 1 amide bonds. The minimum absolute atomic E-state index is 0.0307. The number of aromatic amines is 2. The molecule has 7 nitrogen and oxygen atoms in total. The van der Waals surface area contributed by atoms with Crippen LogP contribution in [-0.4, -0.2) is 38.0 Å². The molecule has 3 rings (SSSR count). The van der Waals surface area contributed by atoms with Gasteiger partial charge < -0.3 is 10.3 Å². The molecule has 2 aromatic rings. The van der Waals surface area contributed by atoms with Crippen LogP contribution in [0.4, 0.5) is 0 Å². The zero-order chi connectivity index (χ0) is 18.0. The quantitative estimate of drug-likeness (QED) is 0.707. The number of hydrogen-bond acceptors (Lipinski definition) is 4. The average Bonchev–Trinajstić information content (AvgIpc) is 3.01. The smallest absolute Gasteiger partial charge is 0.279 e. The second-order valence-corrected chi connectivity index (χ2v) is 7.33. The maximum atomic E-state index is 12.3. The lowest BCUT2D eigenvalue weighted by Crippen LogP contribution is -2.43. The molecule has 0 bridgehead atoms. The summed E-state index contributed by atoms with van der Waals surface area (Å²) < 4.78 is 0. The van der Waals surface area contributed by atoms with E-state index in [1.165, 1.54) is 0 Å². The van der Waals surface area contributed by atoms with Crippen LogP contribution in [0.15, 0.2) is 4.79 Å². The van der Waals surface area contributed by atoms with Gasteiger partial charge in [-0.25, -0.2) is 4.98 Å². The molecular formula is C17H24ClN5O2. The van der Waals surface area contributed by atoms with Crippen LogP contribution in [-0.2, 0) is 11.2 Å². The van der Waals surface area contributed by atoms with Crippen molar-refractivity contribution >= 4 is 28.5 Å². The number of nitrogens with one attached hydrogen (secondary N) is 3.